The van der Waals surface area contributed by atoms with Crippen molar-refractivity contribution in [2.45, 2.75) is 27.2 Å². The van der Waals surface area contributed by atoms with Gasteiger partial charge in [-0.1, -0.05) is 11.2 Å². The van der Waals surface area contributed by atoms with Gasteiger partial charge in [-0.2, -0.15) is 0 Å². The van der Waals surface area contributed by atoms with E-state index in [-0.39, 0.29) is 0 Å². The van der Waals surface area contributed by atoms with E-state index in [1.54, 1.807) is 6.92 Å². The Morgan fingerprint density at radius 3 is 2.78 bits per heavy atom. The van der Waals surface area contributed by atoms with E-state index in [1.165, 1.54) is 0 Å². The summed E-state index contributed by atoms with van der Waals surface area (Å²) in [7, 11) is 0. The van der Waals surface area contributed by atoms with Gasteiger partial charge < -0.3 is 14.7 Å². The average Bonchev–Trinajstić information content (AvgIpc) is 2.38. The van der Waals surface area contributed by atoms with Crippen molar-refractivity contribution < 1.29 is 14.7 Å². The van der Waals surface area contributed by atoms with Gasteiger partial charge in [0, 0.05) is 25.2 Å². The highest BCUT2D eigenvalue weighted by Crippen LogP contribution is 2.21. The molecule has 0 aliphatic heterocycles. The first-order valence-electron chi connectivity index (χ1n) is 6.19. The second kappa shape index (κ2) is 7.71. The fourth-order valence-electron chi connectivity index (χ4n) is 1.59. The fraction of sp³-hybridized carbons (Fsp3) is 0.500. The van der Waals surface area contributed by atoms with E-state index >= 15 is 0 Å². The maximum atomic E-state index is 8.84. The first-order chi connectivity index (χ1) is 8.69. The summed E-state index contributed by atoms with van der Waals surface area (Å²) in [5, 5.41) is 12.1. The monoisotopic (exact) mass is 251 g/mol. The van der Waals surface area contributed by atoms with E-state index < -0.39 is 0 Å². The molecule has 4 heteroatoms. The summed E-state index contributed by atoms with van der Waals surface area (Å²) < 4.78 is 11.0. The maximum absolute atomic E-state index is 8.84. The average molecular weight is 251 g/mol. The third-order valence-electron chi connectivity index (χ3n) is 2.57. The zero-order valence-electron chi connectivity index (χ0n) is 11.3. The van der Waals surface area contributed by atoms with E-state index in [0.717, 1.165) is 29.9 Å². The largest absolute Gasteiger partial charge is 0.493 e. The number of oxime groups is 1. The second-order valence-corrected chi connectivity index (χ2v) is 4.08. The summed E-state index contributed by atoms with van der Waals surface area (Å²) in [5.74, 6) is 0.752. The molecule has 1 aromatic rings. The zero-order valence-corrected chi connectivity index (χ0v) is 11.3. The third kappa shape index (κ3) is 4.37. The van der Waals surface area contributed by atoms with E-state index in [2.05, 4.69) is 5.16 Å². The SMILES string of the molecule is CCOCCCOc1cc(C)ccc1C(C)=NO. The first kappa shape index (κ1) is 14.5. The van der Waals surface area contributed by atoms with Crippen LogP contribution >= 0.6 is 0 Å². The maximum Gasteiger partial charge on any atom is 0.128 e. The second-order valence-electron chi connectivity index (χ2n) is 4.08. The summed E-state index contributed by atoms with van der Waals surface area (Å²) in [5.41, 5.74) is 2.48. The number of benzene rings is 1. The van der Waals surface area contributed by atoms with Crippen molar-refractivity contribution in [3.05, 3.63) is 29.3 Å². The number of rotatable bonds is 7. The number of nitrogens with zero attached hydrogens (tertiary/aromatic N) is 1. The minimum Gasteiger partial charge on any atom is -0.493 e. The summed E-state index contributed by atoms with van der Waals surface area (Å²) in [4.78, 5) is 0. The molecule has 1 N–H and O–H groups in total. The Morgan fingerprint density at radius 1 is 1.33 bits per heavy atom. The van der Waals surface area contributed by atoms with Crippen molar-refractivity contribution in [1.82, 2.24) is 0 Å². The number of aryl methyl sites for hydroxylation is 1. The van der Waals surface area contributed by atoms with Crippen LogP contribution in [0.1, 0.15) is 31.4 Å². The van der Waals surface area contributed by atoms with Crippen LogP contribution in [0.3, 0.4) is 0 Å². The molecule has 0 amide bonds. The van der Waals surface area contributed by atoms with E-state index in [9.17, 15) is 0 Å². The molecule has 1 rings (SSSR count). The van der Waals surface area contributed by atoms with Crippen LogP contribution in [0.15, 0.2) is 23.4 Å². The van der Waals surface area contributed by atoms with Crippen molar-refractivity contribution in [3.8, 4) is 5.75 Å². The molecule has 100 valence electrons. The minimum atomic E-state index is 0.551. The molecular formula is C14H21NO3. The van der Waals surface area contributed by atoms with E-state index in [1.807, 2.05) is 32.0 Å². The van der Waals surface area contributed by atoms with Gasteiger partial charge in [0.05, 0.1) is 12.3 Å². The quantitative estimate of drug-likeness (QED) is 0.351. The molecule has 0 radical (unpaired) electrons. The van der Waals surface area contributed by atoms with Gasteiger partial charge >= 0.3 is 0 Å². The summed E-state index contributed by atoms with van der Waals surface area (Å²) in [6.45, 7) is 7.74. The van der Waals surface area contributed by atoms with E-state index in [4.69, 9.17) is 14.7 Å². The van der Waals surface area contributed by atoms with Crippen LogP contribution in [0.25, 0.3) is 0 Å². The van der Waals surface area contributed by atoms with Crippen LogP contribution in [-0.2, 0) is 4.74 Å². The topological polar surface area (TPSA) is 51.0 Å². The molecule has 0 bridgehead atoms. The third-order valence-corrected chi connectivity index (χ3v) is 2.57. The lowest BCUT2D eigenvalue weighted by molar-refractivity contribution is 0.131. The Morgan fingerprint density at radius 2 is 2.11 bits per heavy atom. The van der Waals surface area contributed by atoms with Gasteiger partial charge in [0.15, 0.2) is 0 Å². The predicted octanol–water partition coefficient (Wildman–Crippen LogP) is 3.00. The molecule has 1 aromatic carbocycles. The Kier molecular flexibility index (Phi) is 6.22. The summed E-state index contributed by atoms with van der Waals surface area (Å²) >= 11 is 0. The highest BCUT2D eigenvalue weighted by molar-refractivity contribution is 6.00. The van der Waals surface area contributed by atoms with Gasteiger partial charge in [-0.3, -0.25) is 0 Å². The van der Waals surface area contributed by atoms with Gasteiger partial charge in [-0.25, -0.2) is 0 Å². The highest BCUT2D eigenvalue weighted by atomic mass is 16.5. The molecule has 0 spiro atoms. The molecule has 0 saturated heterocycles. The van der Waals surface area contributed by atoms with Crippen LogP contribution < -0.4 is 4.74 Å². The molecule has 0 aromatic heterocycles. The van der Waals surface area contributed by atoms with Gasteiger partial charge in [0.1, 0.15) is 5.75 Å². The lowest BCUT2D eigenvalue weighted by atomic mass is 10.1. The summed E-state index contributed by atoms with van der Waals surface area (Å²) in [6.07, 6.45) is 0.844. The number of hydrogen-bond acceptors (Lipinski definition) is 4. The van der Waals surface area contributed by atoms with Crippen molar-refractivity contribution >= 4 is 5.71 Å². The number of hydrogen-bond donors (Lipinski definition) is 1. The number of ether oxygens (including phenoxy) is 2. The smallest absolute Gasteiger partial charge is 0.128 e. The molecule has 0 unspecified atom stereocenters. The predicted molar refractivity (Wildman–Crippen MR) is 71.8 cm³/mol. The zero-order chi connectivity index (χ0) is 13.4. The van der Waals surface area contributed by atoms with Crippen LogP contribution in [0.4, 0.5) is 0 Å². The Bertz CT molecular complexity index is 402. The van der Waals surface area contributed by atoms with Gasteiger partial charge in [-0.15, -0.1) is 0 Å². The van der Waals surface area contributed by atoms with Crippen molar-refractivity contribution in [2.24, 2.45) is 5.16 Å². The van der Waals surface area contributed by atoms with Gasteiger partial charge in [0.25, 0.3) is 0 Å². The van der Waals surface area contributed by atoms with Gasteiger partial charge in [-0.05, 0) is 38.5 Å². The Hall–Kier alpha value is -1.55. The van der Waals surface area contributed by atoms with Crippen molar-refractivity contribution in [1.29, 1.82) is 0 Å². The molecule has 0 aliphatic rings. The molecule has 4 nitrogen and oxygen atoms in total. The Balaban J connectivity index is 2.65. The molecule has 0 aliphatic carbocycles. The molecule has 0 fully saturated rings. The molecule has 0 heterocycles. The van der Waals surface area contributed by atoms with Crippen LogP contribution in [-0.4, -0.2) is 30.7 Å². The lowest BCUT2D eigenvalue weighted by Gasteiger charge is -2.11. The molecule has 0 atom stereocenters. The standard InChI is InChI=1S/C14H21NO3/c1-4-17-8-5-9-18-14-10-11(2)6-7-13(14)12(3)15-16/h6-7,10,16H,4-5,8-9H2,1-3H3. The lowest BCUT2D eigenvalue weighted by Crippen LogP contribution is -2.06. The highest BCUT2D eigenvalue weighted by Gasteiger charge is 2.07. The van der Waals surface area contributed by atoms with Crippen LogP contribution in [0.5, 0.6) is 5.75 Å². The molecule has 18 heavy (non-hydrogen) atoms. The van der Waals surface area contributed by atoms with Crippen molar-refractivity contribution in [2.75, 3.05) is 19.8 Å². The van der Waals surface area contributed by atoms with Crippen molar-refractivity contribution in [3.63, 3.8) is 0 Å². The summed E-state index contributed by atoms with van der Waals surface area (Å²) in [6, 6.07) is 5.82. The first-order valence-corrected chi connectivity index (χ1v) is 6.19. The minimum absolute atomic E-state index is 0.551. The fourth-order valence-corrected chi connectivity index (χ4v) is 1.59. The van der Waals surface area contributed by atoms with Crippen LogP contribution in [0.2, 0.25) is 0 Å². The van der Waals surface area contributed by atoms with Gasteiger partial charge in [0.2, 0.25) is 0 Å². The molecular weight excluding hydrogens is 230 g/mol. The normalized spacial score (nSPS) is 11.6. The van der Waals surface area contributed by atoms with Crippen LogP contribution in [0, 0.1) is 6.92 Å². The molecule has 0 saturated carbocycles. The van der Waals surface area contributed by atoms with E-state index in [0.29, 0.717) is 18.9 Å². The Labute approximate surface area is 108 Å².